The first-order valence-corrected chi connectivity index (χ1v) is 7.00. The van der Waals surface area contributed by atoms with E-state index in [2.05, 4.69) is 6.58 Å². The molecule has 3 rings (SSSR count). The van der Waals surface area contributed by atoms with Crippen molar-refractivity contribution in [2.45, 2.75) is 19.1 Å². The monoisotopic (exact) mass is 298 g/mol. The predicted octanol–water partition coefficient (Wildman–Crippen LogP) is 4.19. The van der Waals surface area contributed by atoms with Gasteiger partial charge in [-0.1, -0.05) is 24.3 Å². The van der Waals surface area contributed by atoms with E-state index in [1.54, 1.807) is 30.3 Å². The summed E-state index contributed by atoms with van der Waals surface area (Å²) in [6, 6.07) is 11.4. The van der Waals surface area contributed by atoms with Crippen LogP contribution in [0.25, 0.3) is 0 Å². The molecule has 112 valence electrons. The molecule has 1 unspecified atom stereocenters. The van der Waals surface area contributed by atoms with Gasteiger partial charge in [0.1, 0.15) is 24.3 Å². The molecule has 0 fully saturated rings. The third-order valence-electron chi connectivity index (χ3n) is 3.54. The molecule has 0 aliphatic carbocycles. The largest absolute Gasteiger partial charge is 0.489 e. The normalized spacial score (nSPS) is 16.0. The van der Waals surface area contributed by atoms with Crippen LogP contribution in [-0.2, 0) is 11.3 Å². The number of hydrogen-bond acceptors (Lipinski definition) is 3. The van der Waals surface area contributed by atoms with Gasteiger partial charge in [-0.3, -0.25) is 0 Å². The molecule has 0 saturated heterocycles. The number of halogens is 1. The minimum Gasteiger partial charge on any atom is -0.489 e. The number of rotatable bonds is 5. The zero-order valence-corrected chi connectivity index (χ0v) is 11.9. The lowest BCUT2D eigenvalue weighted by atomic mass is 10.0. The molecule has 2 aromatic carbocycles. The SMILES string of the molecule is C=CCC1OC(=O)c2cc(OCc3ccc(F)cc3)ccc21. The summed E-state index contributed by atoms with van der Waals surface area (Å²) in [5, 5.41) is 0. The van der Waals surface area contributed by atoms with E-state index in [1.165, 1.54) is 12.1 Å². The van der Waals surface area contributed by atoms with Gasteiger partial charge >= 0.3 is 5.97 Å². The van der Waals surface area contributed by atoms with Crippen LogP contribution in [0.15, 0.2) is 55.1 Å². The summed E-state index contributed by atoms with van der Waals surface area (Å²) in [6.07, 6.45) is 2.06. The first-order valence-electron chi connectivity index (χ1n) is 7.00. The molecule has 4 heteroatoms. The van der Waals surface area contributed by atoms with Crippen molar-refractivity contribution >= 4 is 5.97 Å². The molecule has 3 nitrogen and oxygen atoms in total. The number of esters is 1. The number of hydrogen-bond donors (Lipinski definition) is 0. The molecular formula is C18H15FO3. The zero-order valence-electron chi connectivity index (χ0n) is 11.9. The molecule has 0 amide bonds. The summed E-state index contributed by atoms with van der Waals surface area (Å²) in [5.74, 6) is -0.0364. The Morgan fingerprint density at radius 3 is 2.73 bits per heavy atom. The molecule has 1 atom stereocenters. The van der Waals surface area contributed by atoms with Crippen molar-refractivity contribution in [2.24, 2.45) is 0 Å². The highest BCUT2D eigenvalue weighted by atomic mass is 19.1. The number of cyclic esters (lactones) is 1. The van der Waals surface area contributed by atoms with Crippen LogP contribution in [0.5, 0.6) is 5.75 Å². The van der Waals surface area contributed by atoms with Gasteiger partial charge in [-0.15, -0.1) is 6.58 Å². The molecule has 2 aromatic rings. The summed E-state index contributed by atoms with van der Waals surface area (Å²) in [4.78, 5) is 11.9. The van der Waals surface area contributed by atoms with E-state index in [-0.39, 0.29) is 17.9 Å². The first-order chi connectivity index (χ1) is 10.7. The van der Waals surface area contributed by atoms with Crippen LogP contribution < -0.4 is 4.74 Å². The van der Waals surface area contributed by atoms with Crippen LogP contribution in [-0.4, -0.2) is 5.97 Å². The van der Waals surface area contributed by atoms with Gasteiger partial charge in [0.15, 0.2) is 0 Å². The summed E-state index contributed by atoms with van der Waals surface area (Å²) in [7, 11) is 0. The van der Waals surface area contributed by atoms with Crippen LogP contribution >= 0.6 is 0 Å². The Morgan fingerprint density at radius 2 is 2.00 bits per heavy atom. The lowest BCUT2D eigenvalue weighted by Crippen LogP contribution is -1.98. The van der Waals surface area contributed by atoms with Gasteiger partial charge in [-0.05, 0) is 29.8 Å². The van der Waals surface area contributed by atoms with Crippen LogP contribution in [0, 0.1) is 5.82 Å². The highest BCUT2D eigenvalue weighted by Crippen LogP contribution is 2.35. The van der Waals surface area contributed by atoms with Gasteiger partial charge in [-0.25, -0.2) is 9.18 Å². The minimum atomic E-state index is -0.339. The van der Waals surface area contributed by atoms with Gasteiger partial charge in [0.25, 0.3) is 0 Å². The summed E-state index contributed by atoms with van der Waals surface area (Å²) >= 11 is 0. The van der Waals surface area contributed by atoms with E-state index in [0.717, 1.165) is 11.1 Å². The van der Waals surface area contributed by atoms with Gasteiger partial charge in [0.2, 0.25) is 0 Å². The molecule has 0 saturated carbocycles. The van der Waals surface area contributed by atoms with Crippen molar-refractivity contribution in [2.75, 3.05) is 0 Å². The Morgan fingerprint density at radius 1 is 1.23 bits per heavy atom. The lowest BCUT2D eigenvalue weighted by Gasteiger charge is -2.09. The lowest BCUT2D eigenvalue weighted by molar-refractivity contribution is 0.0392. The number of ether oxygens (including phenoxy) is 2. The highest BCUT2D eigenvalue weighted by Gasteiger charge is 2.30. The standard InChI is InChI=1S/C18H15FO3/c1-2-3-17-15-9-8-14(10-16(15)18(20)22-17)21-11-12-4-6-13(19)7-5-12/h2,4-10,17H,1,3,11H2. The second-order valence-corrected chi connectivity index (χ2v) is 5.08. The smallest absolute Gasteiger partial charge is 0.339 e. The Labute approximate surface area is 128 Å². The number of carbonyl (C=O) groups is 1. The quantitative estimate of drug-likeness (QED) is 0.613. The second-order valence-electron chi connectivity index (χ2n) is 5.08. The van der Waals surface area contributed by atoms with Gasteiger partial charge in [0.05, 0.1) is 5.56 Å². The summed E-state index contributed by atoms with van der Waals surface area (Å²) in [5.41, 5.74) is 2.25. The van der Waals surface area contributed by atoms with Crippen molar-refractivity contribution in [1.82, 2.24) is 0 Å². The molecule has 0 radical (unpaired) electrons. The molecule has 0 bridgehead atoms. The van der Waals surface area contributed by atoms with E-state index in [1.807, 2.05) is 6.07 Å². The number of carbonyl (C=O) groups excluding carboxylic acids is 1. The van der Waals surface area contributed by atoms with Crippen molar-refractivity contribution < 1.29 is 18.7 Å². The average molecular weight is 298 g/mol. The molecule has 1 heterocycles. The predicted molar refractivity (Wildman–Crippen MR) is 80.1 cm³/mol. The number of fused-ring (bicyclic) bond motifs is 1. The van der Waals surface area contributed by atoms with Crippen LogP contribution in [0.2, 0.25) is 0 Å². The Bertz CT molecular complexity index is 707. The molecule has 1 aliphatic heterocycles. The Balaban J connectivity index is 1.74. The first kappa shape index (κ1) is 14.3. The van der Waals surface area contributed by atoms with Crippen molar-refractivity contribution in [1.29, 1.82) is 0 Å². The zero-order chi connectivity index (χ0) is 15.5. The molecule has 0 aromatic heterocycles. The van der Waals surface area contributed by atoms with E-state index >= 15 is 0 Å². The molecular weight excluding hydrogens is 283 g/mol. The van der Waals surface area contributed by atoms with E-state index in [4.69, 9.17) is 9.47 Å². The molecule has 1 aliphatic rings. The van der Waals surface area contributed by atoms with Gasteiger partial charge in [-0.2, -0.15) is 0 Å². The van der Waals surface area contributed by atoms with Gasteiger partial charge in [0, 0.05) is 12.0 Å². The fourth-order valence-corrected chi connectivity index (χ4v) is 2.41. The Kier molecular flexibility index (Phi) is 3.92. The molecule has 0 N–H and O–H groups in total. The minimum absolute atomic E-state index is 0.258. The van der Waals surface area contributed by atoms with Crippen LogP contribution in [0.3, 0.4) is 0 Å². The summed E-state index contributed by atoms with van der Waals surface area (Å²) in [6.45, 7) is 3.98. The van der Waals surface area contributed by atoms with Gasteiger partial charge < -0.3 is 9.47 Å². The Hall–Kier alpha value is -2.62. The summed E-state index contributed by atoms with van der Waals surface area (Å²) < 4.78 is 23.8. The average Bonchev–Trinajstić information content (AvgIpc) is 2.83. The van der Waals surface area contributed by atoms with Crippen LogP contribution in [0.4, 0.5) is 4.39 Å². The maximum atomic E-state index is 12.8. The maximum Gasteiger partial charge on any atom is 0.339 e. The molecule has 0 spiro atoms. The van der Waals surface area contributed by atoms with Crippen molar-refractivity contribution in [3.05, 3.63) is 77.6 Å². The maximum absolute atomic E-state index is 12.8. The fourth-order valence-electron chi connectivity index (χ4n) is 2.41. The van der Waals surface area contributed by atoms with Crippen LogP contribution in [0.1, 0.15) is 34.0 Å². The molecule has 22 heavy (non-hydrogen) atoms. The topological polar surface area (TPSA) is 35.5 Å². The third-order valence-corrected chi connectivity index (χ3v) is 3.54. The fraction of sp³-hybridized carbons (Fsp3) is 0.167. The van der Waals surface area contributed by atoms with Crippen molar-refractivity contribution in [3.63, 3.8) is 0 Å². The second kappa shape index (κ2) is 6.02. The highest BCUT2D eigenvalue weighted by molar-refractivity contribution is 5.94. The third kappa shape index (κ3) is 2.86. The van der Waals surface area contributed by atoms with Crippen molar-refractivity contribution in [3.8, 4) is 5.75 Å². The van der Waals surface area contributed by atoms with E-state index in [0.29, 0.717) is 24.3 Å². The van der Waals surface area contributed by atoms with E-state index < -0.39 is 0 Å². The number of benzene rings is 2. The van der Waals surface area contributed by atoms with E-state index in [9.17, 15) is 9.18 Å².